The van der Waals surface area contributed by atoms with E-state index in [-0.39, 0.29) is 11.9 Å². The normalized spacial score (nSPS) is 19.7. The number of aromatic nitrogens is 2. The highest BCUT2D eigenvalue weighted by Gasteiger charge is 2.30. The van der Waals surface area contributed by atoms with Crippen molar-refractivity contribution in [3.05, 3.63) is 46.9 Å². The Kier molecular flexibility index (Phi) is 4.37. The summed E-state index contributed by atoms with van der Waals surface area (Å²) in [6.45, 7) is 4.56. The van der Waals surface area contributed by atoms with Crippen molar-refractivity contribution in [3.8, 4) is 6.07 Å². The Hall–Kier alpha value is -2.30. The van der Waals surface area contributed by atoms with Gasteiger partial charge in [-0.15, -0.1) is 0 Å². The number of piperazine rings is 1. The molecule has 6 nitrogen and oxygen atoms in total. The first-order valence-electron chi connectivity index (χ1n) is 7.48. The number of hydrogen-bond acceptors (Lipinski definition) is 6. The number of hydrogen-bond donors (Lipinski definition) is 0. The van der Waals surface area contributed by atoms with E-state index in [9.17, 15) is 4.39 Å². The SMILES string of the molecule is Cc1noc([C@H]2CN(Cc3cc(C#N)ccc3F)CCN2C)n1. The van der Waals surface area contributed by atoms with Gasteiger partial charge in [-0.05, 0) is 32.2 Å². The molecule has 120 valence electrons. The highest BCUT2D eigenvalue weighted by molar-refractivity contribution is 5.33. The van der Waals surface area contributed by atoms with E-state index < -0.39 is 0 Å². The first kappa shape index (κ1) is 15.6. The van der Waals surface area contributed by atoms with E-state index in [0.29, 0.717) is 35.9 Å². The van der Waals surface area contributed by atoms with E-state index in [2.05, 4.69) is 19.9 Å². The van der Waals surface area contributed by atoms with E-state index >= 15 is 0 Å². The second kappa shape index (κ2) is 6.44. The van der Waals surface area contributed by atoms with Crippen LogP contribution in [0.15, 0.2) is 22.7 Å². The summed E-state index contributed by atoms with van der Waals surface area (Å²) >= 11 is 0. The lowest BCUT2D eigenvalue weighted by molar-refractivity contribution is 0.0708. The van der Waals surface area contributed by atoms with Crippen LogP contribution in [0.1, 0.15) is 28.9 Å². The predicted octanol–water partition coefficient (Wildman–Crippen LogP) is 1.88. The van der Waals surface area contributed by atoms with Crippen molar-refractivity contribution in [1.82, 2.24) is 19.9 Å². The molecular formula is C16H18FN5O. The molecule has 1 aliphatic heterocycles. The molecule has 0 unspecified atom stereocenters. The smallest absolute Gasteiger partial charge is 0.245 e. The van der Waals surface area contributed by atoms with Crippen LogP contribution in [0.5, 0.6) is 0 Å². The van der Waals surface area contributed by atoms with Crippen LogP contribution in [0.25, 0.3) is 0 Å². The van der Waals surface area contributed by atoms with Crippen LogP contribution in [-0.4, -0.2) is 46.6 Å². The van der Waals surface area contributed by atoms with Gasteiger partial charge in [-0.1, -0.05) is 5.16 Å². The first-order valence-corrected chi connectivity index (χ1v) is 7.48. The van der Waals surface area contributed by atoms with Crippen LogP contribution in [0.4, 0.5) is 4.39 Å². The van der Waals surface area contributed by atoms with Crippen molar-refractivity contribution in [2.75, 3.05) is 26.7 Å². The van der Waals surface area contributed by atoms with E-state index in [1.807, 2.05) is 13.1 Å². The average molecular weight is 315 g/mol. The van der Waals surface area contributed by atoms with Gasteiger partial charge in [0.1, 0.15) is 11.9 Å². The fraction of sp³-hybridized carbons (Fsp3) is 0.438. The third-order valence-electron chi connectivity index (χ3n) is 4.13. The molecule has 0 saturated carbocycles. The predicted molar refractivity (Wildman–Crippen MR) is 80.8 cm³/mol. The van der Waals surface area contributed by atoms with Crippen LogP contribution in [0.3, 0.4) is 0 Å². The van der Waals surface area contributed by atoms with E-state index in [1.165, 1.54) is 12.1 Å². The largest absolute Gasteiger partial charge is 0.338 e. The molecule has 7 heteroatoms. The number of rotatable bonds is 3. The lowest BCUT2D eigenvalue weighted by atomic mass is 10.1. The maximum atomic E-state index is 14.0. The van der Waals surface area contributed by atoms with Gasteiger partial charge in [0.25, 0.3) is 0 Å². The van der Waals surface area contributed by atoms with Crippen LogP contribution in [-0.2, 0) is 6.54 Å². The molecule has 0 aliphatic carbocycles. The Bertz CT molecular complexity index is 738. The molecule has 1 saturated heterocycles. The van der Waals surface area contributed by atoms with E-state index in [4.69, 9.17) is 9.78 Å². The topological polar surface area (TPSA) is 69.2 Å². The van der Waals surface area contributed by atoms with E-state index in [0.717, 1.165) is 13.1 Å². The Morgan fingerprint density at radius 1 is 1.43 bits per heavy atom. The molecule has 0 radical (unpaired) electrons. The molecule has 2 aromatic rings. The van der Waals surface area contributed by atoms with Gasteiger partial charge in [0.15, 0.2) is 5.82 Å². The highest BCUT2D eigenvalue weighted by atomic mass is 19.1. The Morgan fingerprint density at radius 3 is 2.96 bits per heavy atom. The molecule has 23 heavy (non-hydrogen) atoms. The summed E-state index contributed by atoms with van der Waals surface area (Å²) in [5, 5.41) is 12.8. The van der Waals surface area contributed by atoms with Crippen molar-refractivity contribution in [2.24, 2.45) is 0 Å². The fourth-order valence-electron chi connectivity index (χ4n) is 2.80. The summed E-state index contributed by atoms with van der Waals surface area (Å²) in [6, 6.07) is 6.50. The first-order chi connectivity index (χ1) is 11.1. The standard InChI is InChI=1S/C16H18FN5O/c1-11-19-16(23-20-11)15-10-22(6-5-21(15)2)9-13-7-12(8-18)3-4-14(13)17/h3-4,7,15H,5-6,9-10H2,1-2H3/t15-/m1/s1. The summed E-state index contributed by atoms with van der Waals surface area (Å²) in [6.07, 6.45) is 0. The molecule has 2 heterocycles. The van der Waals surface area contributed by atoms with E-state index in [1.54, 1.807) is 13.0 Å². The number of likely N-dealkylation sites (N-methyl/N-ethyl adjacent to an activating group) is 1. The molecule has 1 fully saturated rings. The summed E-state index contributed by atoms with van der Waals surface area (Å²) in [5.41, 5.74) is 1.01. The summed E-state index contributed by atoms with van der Waals surface area (Å²) in [7, 11) is 2.01. The molecule has 1 atom stereocenters. The zero-order valence-corrected chi connectivity index (χ0v) is 13.2. The molecule has 0 bridgehead atoms. The minimum absolute atomic E-state index is 0.00726. The van der Waals surface area contributed by atoms with Crippen molar-refractivity contribution >= 4 is 0 Å². The number of nitrogens with zero attached hydrogens (tertiary/aromatic N) is 5. The maximum absolute atomic E-state index is 14.0. The molecule has 3 rings (SSSR count). The number of nitriles is 1. The second-order valence-electron chi connectivity index (χ2n) is 5.83. The molecule has 0 amide bonds. The van der Waals surface area contributed by atoms with Gasteiger partial charge in [-0.3, -0.25) is 9.80 Å². The summed E-state index contributed by atoms with van der Waals surface area (Å²) in [4.78, 5) is 8.61. The second-order valence-corrected chi connectivity index (χ2v) is 5.83. The van der Waals surface area contributed by atoms with Crippen LogP contribution in [0, 0.1) is 24.1 Å². The van der Waals surface area contributed by atoms with Crippen molar-refractivity contribution in [2.45, 2.75) is 19.5 Å². The number of benzene rings is 1. The van der Waals surface area contributed by atoms with Crippen molar-refractivity contribution in [1.29, 1.82) is 5.26 Å². The van der Waals surface area contributed by atoms with Crippen LogP contribution < -0.4 is 0 Å². The quantitative estimate of drug-likeness (QED) is 0.861. The third-order valence-corrected chi connectivity index (χ3v) is 4.13. The molecule has 1 aliphatic rings. The average Bonchev–Trinajstić information content (AvgIpc) is 2.97. The minimum atomic E-state index is -0.284. The van der Waals surface area contributed by atoms with Gasteiger partial charge in [0.2, 0.25) is 5.89 Å². The molecule has 0 spiro atoms. The number of aryl methyl sites for hydroxylation is 1. The fourth-order valence-corrected chi connectivity index (χ4v) is 2.80. The summed E-state index contributed by atoms with van der Waals surface area (Å²) < 4.78 is 19.3. The van der Waals surface area contributed by atoms with Crippen LogP contribution in [0.2, 0.25) is 0 Å². The lowest BCUT2D eigenvalue weighted by Gasteiger charge is -2.37. The minimum Gasteiger partial charge on any atom is -0.338 e. The van der Waals surface area contributed by atoms with Gasteiger partial charge in [0, 0.05) is 31.7 Å². The lowest BCUT2D eigenvalue weighted by Crippen LogP contribution is -2.46. The Labute approximate surface area is 134 Å². The third kappa shape index (κ3) is 3.38. The van der Waals surface area contributed by atoms with Gasteiger partial charge < -0.3 is 4.52 Å². The zero-order chi connectivity index (χ0) is 16.4. The van der Waals surface area contributed by atoms with Crippen molar-refractivity contribution < 1.29 is 8.91 Å². The van der Waals surface area contributed by atoms with Crippen molar-refractivity contribution in [3.63, 3.8) is 0 Å². The molecule has 1 aromatic heterocycles. The van der Waals surface area contributed by atoms with Gasteiger partial charge in [0.05, 0.1) is 11.6 Å². The maximum Gasteiger partial charge on any atom is 0.245 e. The van der Waals surface area contributed by atoms with Crippen LogP contribution >= 0.6 is 0 Å². The highest BCUT2D eigenvalue weighted by Crippen LogP contribution is 2.24. The van der Waals surface area contributed by atoms with Gasteiger partial charge in [-0.25, -0.2) is 4.39 Å². The zero-order valence-electron chi connectivity index (χ0n) is 13.2. The van der Waals surface area contributed by atoms with Gasteiger partial charge in [-0.2, -0.15) is 10.2 Å². The molecule has 1 aromatic carbocycles. The molecular weight excluding hydrogens is 297 g/mol. The summed E-state index contributed by atoms with van der Waals surface area (Å²) in [5.74, 6) is 0.910. The Balaban J connectivity index is 1.75. The Morgan fingerprint density at radius 2 is 2.26 bits per heavy atom. The monoisotopic (exact) mass is 315 g/mol. The molecule has 0 N–H and O–H groups in total. The number of halogens is 1. The van der Waals surface area contributed by atoms with Gasteiger partial charge >= 0.3 is 0 Å².